The number of fused-ring (bicyclic) bond motifs is 1. The van der Waals surface area contributed by atoms with Gasteiger partial charge in [-0.3, -0.25) is 14.9 Å². The van der Waals surface area contributed by atoms with E-state index in [9.17, 15) is 23.3 Å². The fraction of sp³-hybridized carbons (Fsp3) is 0.107. The van der Waals surface area contributed by atoms with Crippen LogP contribution in [0.15, 0.2) is 82.1 Å². The Morgan fingerprint density at radius 2 is 1.54 bits per heavy atom. The van der Waals surface area contributed by atoms with Gasteiger partial charge in [-0.05, 0) is 54.1 Å². The molecule has 0 radical (unpaired) electrons. The van der Waals surface area contributed by atoms with E-state index in [-0.39, 0.29) is 21.9 Å². The topological polar surface area (TPSA) is 139 Å². The van der Waals surface area contributed by atoms with E-state index < -0.39 is 28.4 Å². The van der Waals surface area contributed by atoms with Crippen LogP contribution in [0.4, 0.5) is 5.88 Å². The third kappa shape index (κ3) is 4.47. The number of carbonyl (C=O) groups is 2. The molecular weight excluding hydrogens is 522 g/mol. The smallest absolute Gasteiger partial charge is 0.269 e. The number of nitriles is 1. The highest BCUT2D eigenvalue weighted by molar-refractivity contribution is 7.90. The van der Waals surface area contributed by atoms with Gasteiger partial charge in [0.15, 0.2) is 0 Å². The molecule has 1 aliphatic rings. The Morgan fingerprint density at radius 1 is 0.949 bits per heavy atom. The molecule has 2 heterocycles. The fourth-order valence-corrected chi connectivity index (χ4v) is 5.81. The van der Waals surface area contributed by atoms with Crippen molar-refractivity contribution in [1.29, 1.82) is 5.26 Å². The van der Waals surface area contributed by atoms with Gasteiger partial charge in [-0.15, -0.1) is 0 Å². The summed E-state index contributed by atoms with van der Waals surface area (Å²) in [4.78, 5) is 25.6. The largest absolute Gasteiger partial charge is 0.497 e. The minimum Gasteiger partial charge on any atom is -0.497 e. The van der Waals surface area contributed by atoms with Crippen molar-refractivity contribution in [3.63, 3.8) is 0 Å². The Bertz CT molecular complexity index is 1740. The molecule has 0 unspecified atom stereocenters. The number of hydrogen-bond acceptors (Lipinski definition) is 8. The summed E-state index contributed by atoms with van der Waals surface area (Å²) in [5, 5.41) is 12.6. The van der Waals surface area contributed by atoms with Crippen LogP contribution in [0.3, 0.4) is 0 Å². The van der Waals surface area contributed by atoms with Crippen molar-refractivity contribution in [2.45, 2.75) is 4.90 Å². The van der Waals surface area contributed by atoms with Gasteiger partial charge in [0.25, 0.3) is 15.9 Å². The van der Waals surface area contributed by atoms with Crippen LogP contribution >= 0.6 is 0 Å². The number of carbonyl (C=O) groups excluding carboxylic acids is 2. The number of furan rings is 1. The van der Waals surface area contributed by atoms with E-state index in [2.05, 4.69) is 11.4 Å². The molecule has 10 nitrogen and oxygen atoms in total. The maximum Gasteiger partial charge on any atom is 0.269 e. The van der Waals surface area contributed by atoms with Gasteiger partial charge in [-0.25, -0.2) is 12.7 Å². The van der Waals surface area contributed by atoms with Crippen molar-refractivity contribution < 1.29 is 31.9 Å². The summed E-state index contributed by atoms with van der Waals surface area (Å²) < 4.78 is 42.7. The number of anilines is 1. The summed E-state index contributed by atoms with van der Waals surface area (Å²) in [5.41, 5.74) is 1.65. The number of amides is 2. The molecule has 2 amide bonds. The lowest BCUT2D eigenvalue weighted by molar-refractivity contribution is -0.116. The first-order valence-corrected chi connectivity index (χ1v) is 13.0. The van der Waals surface area contributed by atoms with Gasteiger partial charge in [-0.1, -0.05) is 24.3 Å². The number of benzene rings is 3. The monoisotopic (exact) mass is 543 g/mol. The van der Waals surface area contributed by atoms with Crippen molar-refractivity contribution in [2.24, 2.45) is 0 Å². The lowest BCUT2D eigenvalue weighted by Crippen LogP contribution is -2.37. The standard InChI is InChI=1S/C28H21N3O7S/c1-36-19-11-7-17(8-12-19)25-22(15-29)27(38-26(25)18-9-13-20(37-2)14-10-18)30-24(32)16-31-28(33)21-5-3-4-6-23(21)39(31,34)35/h3-14H,16H2,1-2H3,(H,30,32). The second-order valence-corrected chi connectivity index (χ2v) is 10.3. The zero-order valence-electron chi connectivity index (χ0n) is 20.8. The molecule has 0 fully saturated rings. The predicted molar refractivity (Wildman–Crippen MR) is 141 cm³/mol. The quantitative estimate of drug-likeness (QED) is 0.364. The number of methoxy groups -OCH3 is 2. The van der Waals surface area contributed by atoms with Crippen molar-refractivity contribution in [3.05, 3.63) is 83.9 Å². The fourth-order valence-electron chi connectivity index (χ4n) is 4.29. The van der Waals surface area contributed by atoms with E-state index in [0.717, 1.165) is 0 Å². The van der Waals surface area contributed by atoms with Crippen LogP contribution in [0.1, 0.15) is 15.9 Å². The molecule has 4 aromatic rings. The second kappa shape index (κ2) is 10.00. The van der Waals surface area contributed by atoms with Crippen LogP contribution in [-0.2, 0) is 14.8 Å². The molecule has 1 aliphatic heterocycles. The van der Waals surface area contributed by atoms with Gasteiger partial charge in [0.1, 0.15) is 40.3 Å². The van der Waals surface area contributed by atoms with Crippen LogP contribution in [0, 0.1) is 11.3 Å². The van der Waals surface area contributed by atoms with Crippen molar-refractivity contribution in [1.82, 2.24) is 4.31 Å². The molecule has 0 saturated carbocycles. The van der Waals surface area contributed by atoms with Gasteiger partial charge in [0.05, 0.1) is 19.8 Å². The molecule has 1 N–H and O–H groups in total. The summed E-state index contributed by atoms with van der Waals surface area (Å²) >= 11 is 0. The van der Waals surface area contributed by atoms with Crippen LogP contribution in [0.2, 0.25) is 0 Å². The molecule has 11 heteroatoms. The Hall–Kier alpha value is -5.08. The second-order valence-electron chi connectivity index (χ2n) is 8.44. The van der Waals surface area contributed by atoms with Gasteiger partial charge < -0.3 is 13.9 Å². The van der Waals surface area contributed by atoms with E-state index >= 15 is 0 Å². The van der Waals surface area contributed by atoms with Gasteiger partial charge in [0.2, 0.25) is 11.8 Å². The Morgan fingerprint density at radius 3 is 2.10 bits per heavy atom. The van der Waals surface area contributed by atoms with E-state index in [1.807, 2.05) is 0 Å². The minimum absolute atomic E-state index is 0.00963. The molecule has 3 aromatic carbocycles. The number of hydrogen-bond donors (Lipinski definition) is 1. The van der Waals surface area contributed by atoms with E-state index in [4.69, 9.17) is 13.9 Å². The molecule has 0 atom stereocenters. The Kier molecular flexibility index (Phi) is 6.55. The number of nitrogens with one attached hydrogen (secondary N) is 1. The Balaban J connectivity index is 1.52. The van der Waals surface area contributed by atoms with Crippen LogP contribution in [0.25, 0.3) is 22.5 Å². The molecule has 39 heavy (non-hydrogen) atoms. The first-order valence-electron chi connectivity index (χ1n) is 11.6. The highest BCUT2D eigenvalue weighted by Gasteiger charge is 2.42. The first-order chi connectivity index (χ1) is 18.8. The number of ether oxygens (including phenoxy) is 2. The molecule has 0 saturated heterocycles. The first kappa shape index (κ1) is 25.6. The Labute approximate surface area is 224 Å². The third-order valence-electron chi connectivity index (χ3n) is 6.20. The zero-order valence-corrected chi connectivity index (χ0v) is 21.6. The number of rotatable bonds is 7. The number of sulfonamides is 1. The molecule has 5 rings (SSSR count). The van der Waals surface area contributed by atoms with Crippen molar-refractivity contribution in [3.8, 4) is 40.0 Å². The SMILES string of the molecule is COc1ccc(-c2oc(NC(=O)CN3C(=O)c4ccccc4S3(=O)=O)c(C#N)c2-c2ccc(OC)cc2)cc1. The van der Waals surface area contributed by atoms with Crippen molar-refractivity contribution >= 4 is 27.7 Å². The summed E-state index contributed by atoms with van der Waals surface area (Å²) in [5.74, 6) is -0.320. The lowest BCUT2D eigenvalue weighted by atomic mass is 9.98. The van der Waals surface area contributed by atoms with Crippen LogP contribution in [0.5, 0.6) is 11.5 Å². The maximum absolute atomic E-state index is 13.0. The minimum atomic E-state index is -4.20. The lowest BCUT2D eigenvalue weighted by Gasteiger charge is -2.14. The highest BCUT2D eigenvalue weighted by atomic mass is 32.2. The summed E-state index contributed by atoms with van der Waals surface area (Å²) in [6.07, 6.45) is 0. The molecular formula is C28H21N3O7S. The average molecular weight is 544 g/mol. The zero-order chi connectivity index (χ0) is 27.7. The highest BCUT2D eigenvalue weighted by Crippen LogP contribution is 2.42. The van der Waals surface area contributed by atoms with E-state index in [1.54, 1.807) is 54.6 Å². The van der Waals surface area contributed by atoms with E-state index in [0.29, 0.717) is 38.3 Å². The van der Waals surface area contributed by atoms with Crippen molar-refractivity contribution in [2.75, 3.05) is 26.1 Å². The molecule has 0 bridgehead atoms. The maximum atomic E-state index is 13.0. The summed E-state index contributed by atoms with van der Waals surface area (Å²) in [6.45, 7) is -0.794. The predicted octanol–water partition coefficient (Wildman–Crippen LogP) is 4.29. The van der Waals surface area contributed by atoms with E-state index in [1.165, 1.54) is 32.4 Å². The molecule has 1 aromatic heterocycles. The third-order valence-corrected chi connectivity index (χ3v) is 7.99. The van der Waals surface area contributed by atoms with Gasteiger partial charge in [0, 0.05) is 11.1 Å². The molecule has 196 valence electrons. The van der Waals surface area contributed by atoms with Gasteiger partial charge >= 0.3 is 0 Å². The summed E-state index contributed by atoms with van der Waals surface area (Å²) in [7, 11) is -1.12. The van der Waals surface area contributed by atoms with Crippen LogP contribution < -0.4 is 14.8 Å². The molecule has 0 spiro atoms. The number of nitrogens with zero attached hydrogens (tertiary/aromatic N) is 2. The van der Waals surface area contributed by atoms with Gasteiger partial charge in [-0.2, -0.15) is 5.26 Å². The molecule has 0 aliphatic carbocycles. The van der Waals surface area contributed by atoms with Crippen LogP contribution in [-0.4, -0.2) is 45.3 Å². The normalized spacial score (nSPS) is 13.5. The summed E-state index contributed by atoms with van der Waals surface area (Å²) in [6, 6.07) is 21.7. The average Bonchev–Trinajstić information content (AvgIpc) is 3.41.